The van der Waals surface area contributed by atoms with Gasteiger partial charge in [-0.25, -0.2) is 0 Å². The maximum atomic E-state index is 10.2. The zero-order valence-electron chi connectivity index (χ0n) is 12.9. The number of rotatable bonds is 13. The predicted molar refractivity (Wildman–Crippen MR) is 86.9 cm³/mol. The molecular formula is C18H30O2. The number of carboxylic acid groups (broad SMARTS) is 1. The lowest BCUT2D eigenvalue weighted by Crippen LogP contribution is -1.89. The van der Waals surface area contributed by atoms with Crippen molar-refractivity contribution in [3.63, 3.8) is 0 Å². The van der Waals surface area contributed by atoms with Gasteiger partial charge in [0, 0.05) is 0 Å². The summed E-state index contributed by atoms with van der Waals surface area (Å²) in [6.07, 6.45) is 23.5. The van der Waals surface area contributed by atoms with Crippen LogP contribution >= 0.6 is 0 Å². The van der Waals surface area contributed by atoms with Crippen LogP contribution < -0.4 is 0 Å². The van der Waals surface area contributed by atoms with E-state index in [-0.39, 0.29) is 6.42 Å². The molecule has 0 bridgehead atoms. The van der Waals surface area contributed by atoms with Crippen molar-refractivity contribution in [2.24, 2.45) is 0 Å². The number of unbranched alkanes of at least 4 members (excludes halogenated alkanes) is 8. The molecule has 2 heteroatoms. The van der Waals surface area contributed by atoms with Gasteiger partial charge >= 0.3 is 5.97 Å². The highest BCUT2D eigenvalue weighted by Crippen LogP contribution is 2.09. The Kier molecular flexibility index (Phi) is 14.7. The van der Waals surface area contributed by atoms with Crippen LogP contribution in [0, 0.1) is 0 Å². The van der Waals surface area contributed by atoms with Crippen LogP contribution in [0.25, 0.3) is 0 Å². The molecule has 0 rings (SSSR count). The zero-order valence-corrected chi connectivity index (χ0v) is 12.9. The van der Waals surface area contributed by atoms with Crippen molar-refractivity contribution < 1.29 is 9.90 Å². The Morgan fingerprint density at radius 2 is 1.35 bits per heavy atom. The Balaban J connectivity index is 3.29. The Bertz CT molecular complexity index is 301. The van der Waals surface area contributed by atoms with E-state index in [1.54, 1.807) is 12.2 Å². The van der Waals surface area contributed by atoms with E-state index < -0.39 is 5.97 Å². The molecule has 20 heavy (non-hydrogen) atoms. The quantitative estimate of drug-likeness (QED) is 0.348. The monoisotopic (exact) mass is 278 g/mol. The average Bonchev–Trinajstić information content (AvgIpc) is 2.43. The van der Waals surface area contributed by atoms with E-state index in [0.717, 1.165) is 6.42 Å². The number of hydrogen-bond acceptors (Lipinski definition) is 1. The van der Waals surface area contributed by atoms with Crippen LogP contribution in [-0.2, 0) is 4.79 Å². The molecular weight excluding hydrogens is 248 g/mol. The molecule has 114 valence electrons. The molecule has 0 radical (unpaired) electrons. The molecule has 0 aliphatic rings. The van der Waals surface area contributed by atoms with E-state index in [0.29, 0.717) is 0 Å². The SMILES string of the molecule is CCCCCCCCCC/C=C/C=C/C=C/CC(=O)O. The van der Waals surface area contributed by atoms with E-state index in [1.807, 2.05) is 18.2 Å². The molecule has 1 N–H and O–H groups in total. The first-order valence-electron chi connectivity index (χ1n) is 7.97. The van der Waals surface area contributed by atoms with Gasteiger partial charge in [-0.05, 0) is 12.8 Å². The topological polar surface area (TPSA) is 37.3 Å². The minimum absolute atomic E-state index is 0.0896. The highest BCUT2D eigenvalue weighted by molar-refractivity contribution is 5.68. The standard InChI is InChI=1S/C18H30O2/c1-2-3-4-5-6-7-8-9-10-11-12-13-14-15-16-17-18(19)20/h11-16H,2-10,17H2,1H3,(H,19,20)/b12-11+,14-13+,16-15+. The normalized spacial score (nSPS) is 12.1. The molecule has 0 saturated heterocycles. The molecule has 0 amide bonds. The van der Waals surface area contributed by atoms with Gasteiger partial charge in [0.2, 0.25) is 0 Å². The van der Waals surface area contributed by atoms with Crippen LogP contribution in [0.15, 0.2) is 36.5 Å². The Labute approximate surface area is 124 Å². The van der Waals surface area contributed by atoms with E-state index in [4.69, 9.17) is 5.11 Å². The average molecular weight is 278 g/mol. The van der Waals surface area contributed by atoms with Gasteiger partial charge in [0.05, 0.1) is 6.42 Å². The minimum atomic E-state index is -0.792. The summed E-state index contributed by atoms with van der Waals surface area (Å²) in [6, 6.07) is 0. The first-order chi connectivity index (χ1) is 9.77. The van der Waals surface area contributed by atoms with Crippen molar-refractivity contribution >= 4 is 5.97 Å². The summed E-state index contributed by atoms with van der Waals surface area (Å²) in [5.74, 6) is -0.792. The Morgan fingerprint density at radius 3 is 1.95 bits per heavy atom. The van der Waals surface area contributed by atoms with Crippen LogP contribution in [0.4, 0.5) is 0 Å². The molecule has 0 saturated carbocycles. The summed E-state index contributed by atoms with van der Waals surface area (Å²) in [7, 11) is 0. The maximum absolute atomic E-state index is 10.2. The zero-order chi connectivity index (χ0) is 14.9. The second kappa shape index (κ2) is 15.7. The van der Waals surface area contributed by atoms with Gasteiger partial charge < -0.3 is 5.11 Å². The third-order valence-electron chi connectivity index (χ3n) is 3.12. The molecule has 0 spiro atoms. The van der Waals surface area contributed by atoms with Crippen LogP contribution in [0.3, 0.4) is 0 Å². The molecule has 0 aromatic rings. The second-order valence-corrected chi connectivity index (χ2v) is 5.10. The molecule has 0 unspecified atom stereocenters. The molecule has 0 fully saturated rings. The second-order valence-electron chi connectivity index (χ2n) is 5.10. The predicted octanol–water partition coefficient (Wildman–Crippen LogP) is 5.66. The fourth-order valence-electron chi connectivity index (χ4n) is 1.95. The van der Waals surface area contributed by atoms with Gasteiger partial charge in [-0.3, -0.25) is 4.79 Å². The van der Waals surface area contributed by atoms with E-state index >= 15 is 0 Å². The largest absolute Gasteiger partial charge is 0.481 e. The summed E-state index contributed by atoms with van der Waals surface area (Å²) in [5, 5.41) is 8.43. The molecule has 0 aliphatic heterocycles. The molecule has 0 aliphatic carbocycles. The minimum Gasteiger partial charge on any atom is -0.481 e. The van der Waals surface area contributed by atoms with Gasteiger partial charge in [-0.2, -0.15) is 0 Å². The van der Waals surface area contributed by atoms with Gasteiger partial charge in [-0.1, -0.05) is 88.3 Å². The van der Waals surface area contributed by atoms with Crippen LogP contribution in [0.1, 0.15) is 71.1 Å². The van der Waals surface area contributed by atoms with Crippen molar-refractivity contribution in [1.29, 1.82) is 0 Å². The lowest BCUT2D eigenvalue weighted by atomic mass is 10.1. The number of aliphatic carboxylic acids is 1. The van der Waals surface area contributed by atoms with E-state index in [9.17, 15) is 4.79 Å². The van der Waals surface area contributed by atoms with Gasteiger partial charge in [0.25, 0.3) is 0 Å². The van der Waals surface area contributed by atoms with E-state index in [1.165, 1.54) is 51.4 Å². The van der Waals surface area contributed by atoms with Crippen molar-refractivity contribution in [3.8, 4) is 0 Å². The fourth-order valence-corrected chi connectivity index (χ4v) is 1.95. The number of hydrogen-bond donors (Lipinski definition) is 1. The summed E-state index contributed by atoms with van der Waals surface area (Å²) in [4.78, 5) is 10.2. The lowest BCUT2D eigenvalue weighted by Gasteiger charge is -1.99. The fraction of sp³-hybridized carbons (Fsp3) is 0.611. The highest BCUT2D eigenvalue weighted by atomic mass is 16.4. The lowest BCUT2D eigenvalue weighted by molar-refractivity contribution is -0.136. The van der Waals surface area contributed by atoms with E-state index in [2.05, 4.69) is 13.0 Å². The third kappa shape index (κ3) is 16.7. The van der Waals surface area contributed by atoms with Crippen molar-refractivity contribution in [2.45, 2.75) is 71.1 Å². The number of carboxylic acids is 1. The molecule has 2 nitrogen and oxygen atoms in total. The summed E-state index contributed by atoms with van der Waals surface area (Å²) >= 11 is 0. The smallest absolute Gasteiger partial charge is 0.307 e. The summed E-state index contributed by atoms with van der Waals surface area (Å²) < 4.78 is 0. The maximum Gasteiger partial charge on any atom is 0.307 e. The van der Waals surface area contributed by atoms with Crippen molar-refractivity contribution in [1.82, 2.24) is 0 Å². The Morgan fingerprint density at radius 1 is 0.800 bits per heavy atom. The first-order valence-corrected chi connectivity index (χ1v) is 7.97. The number of allylic oxidation sites excluding steroid dienone is 5. The van der Waals surface area contributed by atoms with Gasteiger partial charge in [-0.15, -0.1) is 0 Å². The molecule has 0 atom stereocenters. The number of carbonyl (C=O) groups is 1. The van der Waals surface area contributed by atoms with Crippen LogP contribution in [0.5, 0.6) is 0 Å². The molecule has 0 aromatic carbocycles. The summed E-state index contributed by atoms with van der Waals surface area (Å²) in [6.45, 7) is 2.25. The van der Waals surface area contributed by atoms with Crippen LogP contribution in [0.2, 0.25) is 0 Å². The molecule has 0 heterocycles. The van der Waals surface area contributed by atoms with Crippen molar-refractivity contribution in [3.05, 3.63) is 36.5 Å². The van der Waals surface area contributed by atoms with Crippen molar-refractivity contribution in [2.75, 3.05) is 0 Å². The first kappa shape index (κ1) is 18.7. The third-order valence-corrected chi connectivity index (χ3v) is 3.12. The summed E-state index contributed by atoms with van der Waals surface area (Å²) in [5.41, 5.74) is 0. The Hall–Kier alpha value is -1.31. The molecule has 0 aromatic heterocycles. The highest BCUT2D eigenvalue weighted by Gasteiger charge is 1.90. The van der Waals surface area contributed by atoms with Gasteiger partial charge in [0.15, 0.2) is 0 Å². The van der Waals surface area contributed by atoms with Gasteiger partial charge in [0.1, 0.15) is 0 Å². The van der Waals surface area contributed by atoms with Crippen LogP contribution in [-0.4, -0.2) is 11.1 Å².